The predicted octanol–water partition coefficient (Wildman–Crippen LogP) is 5.84. The van der Waals surface area contributed by atoms with E-state index in [0.29, 0.717) is 23.8 Å². The van der Waals surface area contributed by atoms with Crippen molar-refractivity contribution in [1.82, 2.24) is 0 Å². The minimum absolute atomic E-state index is 0.247. The fourth-order valence-corrected chi connectivity index (χ4v) is 4.25. The minimum atomic E-state index is -0.911. The van der Waals surface area contributed by atoms with E-state index in [1.807, 2.05) is 18.2 Å². The van der Waals surface area contributed by atoms with Crippen LogP contribution >= 0.6 is 11.6 Å². The number of ether oxygens (including phenoxy) is 1. The maximum atomic E-state index is 12.1. The molecule has 2 atom stereocenters. The van der Waals surface area contributed by atoms with Crippen LogP contribution in [0.25, 0.3) is 0 Å². The Labute approximate surface area is 175 Å². The monoisotopic (exact) mass is 413 g/mol. The number of hydrogen-bond acceptors (Lipinski definition) is 3. The van der Waals surface area contributed by atoms with Crippen LogP contribution in [-0.2, 0) is 9.59 Å². The van der Waals surface area contributed by atoms with Gasteiger partial charge >= 0.3 is 5.97 Å². The summed E-state index contributed by atoms with van der Waals surface area (Å²) >= 11 is 6.24. The first-order chi connectivity index (χ1) is 14.0. The first kappa shape index (κ1) is 19.8. The molecular formula is C23H24ClNO4. The minimum Gasteiger partial charge on any atom is -0.481 e. The Morgan fingerprint density at radius 2 is 1.72 bits per heavy atom. The maximum absolute atomic E-state index is 12.1. The van der Waals surface area contributed by atoms with Gasteiger partial charge in [0, 0.05) is 10.7 Å². The normalized spacial score (nSPS) is 21.4. The van der Waals surface area contributed by atoms with Crippen LogP contribution < -0.4 is 10.1 Å². The van der Waals surface area contributed by atoms with Gasteiger partial charge < -0.3 is 15.2 Å². The number of halogens is 1. The predicted molar refractivity (Wildman–Crippen MR) is 112 cm³/mol. The van der Waals surface area contributed by atoms with Crippen LogP contribution in [0, 0.1) is 11.8 Å². The zero-order valence-corrected chi connectivity index (χ0v) is 16.8. The highest BCUT2D eigenvalue weighted by molar-refractivity contribution is 6.30. The second kappa shape index (κ2) is 8.46. The smallest absolute Gasteiger partial charge is 0.307 e. The summed E-state index contributed by atoms with van der Waals surface area (Å²) in [4.78, 5) is 23.0. The summed E-state index contributed by atoms with van der Waals surface area (Å²) in [7, 11) is 0. The van der Waals surface area contributed by atoms with Crippen LogP contribution in [0.4, 0.5) is 5.69 Å². The molecule has 2 aliphatic rings. The third kappa shape index (κ3) is 4.73. The largest absolute Gasteiger partial charge is 0.481 e. The highest BCUT2D eigenvalue weighted by Gasteiger charge is 2.48. The highest BCUT2D eigenvalue weighted by atomic mass is 35.5. The highest BCUT2D eigenvalue weighted by Crippen LogP contribution is 2.41. The number of anilines is 1. The summed E-state index contributed by atoms with van der Waals surface area (Å²) < 4.78 is 6.14. The number of amides is 1. The van der Waals surface area contributed by atoms with Crippen LogP contribution in [0.1, 0.15) is 50.0 Å². The maximum Gasteiger partial charge on any atom is 0.307 e. The molecule has 0 aromatic heterocycles. The van der Waals surface area contributed by atoms with Gasteiger partial charge in [0.1, 0.15) is 11.5 Å². The molecule has 29 heavy (non-hydrogen) atoms. The number of carbonyl (C=O) groups excluding carboxylic acids is 1. The third-order valence-electron chi connectivity index (χ3n) is 5.81. The molecule has 4 rings (SSSR count). The van der Waals surface area contributed by atoms with E-state index in [2.05, 4.69) is 5.32 Å². The standard InChI is InChI=1S/C23H24ClNO4/c24-15-6-11-21(18(12-15)14-4-2-1-3-5-14)29-17-9-7-16(8-10-17)25-22(26)19-13-20(19)23(27)28/h6-12,14,19-20H,1-5,13H2,(H,25,26)(H,27,28). The number of carboxylic acids is 1. The SMILES string of the molecule is O=C(O)C1CC1C(=O)Nc1ccc(Oc2ccc(Cl)cc2C2CCCCC2)cc1. The Balaban J connectivity index is 1.43. The van der Waals surface area contributed by atoms with Gasteiger partial charge in [0.2, 0.25) is 5.91 Å². The van der Waals surface area contributed by atoms with E-state index in [1.165, 1.54) is 19.3 Å². The van der Waals surface area contributed by atoms with Crippen molar-refractivity contribution in [1.29, 1.82) is 0 Å². The first-order valence-corrected chi connectivity index (χ1v) is 10.5. The summed E-state index contributed by atoms with van der Waals surface area (Å²) in [5.41, 5.74) is 1.78. The van der Waals surface area contributed by atoms with Crippen molar-refractivity contribution in [3.63, 3.8) is 0 Å². The second-order valence-electron chi connectivity index (χ2n) is 7.92. The molecule has 0 spiro atoms. The van der Waals surface area contributed by atoms with E-state index >= 15 is 0 Å². The molecule has 2 fully saturated rings. The van der Waals surface area contributed by atoms with E-state index in [-0.39, 0.29) is 5.91 Å². The number of nitrogens with one attached hydrogen (secondary N) is 1. The molecule has 6 heteroatoms. The number of rotatable bonds is 6. The van der Waals surface area contributed by atoms with Crippen LogP contribution in [0.15, 0.2) is 42.5 Å². The van der Waals surface area contributed by atoms with Gasteiger partial charge in [-0.05, 0) is 73.2 Å². The Hall–Kier alpha value is -2.53. The summed E-state index contributed by atoms with van der Waals surface area (Å²) in [5, 5.41) is 12.4. The fraction of sp³-hybridized carbons (Fsp3) is 0.391. The van der Waals surface area contributed by atoms with Crippen molar-refractivity contribution in [2.45, 2.75) is 44.4 Å². The van der Waals surface area contributed by atoms with E-state index in [9.17, 15) is 9.59 Å². The molecule has 2 unspecified atom stereocenters. The quantitative estimate of drug-likeness (QED) is 0.623. The van der Waals surface area contributed by atoms with Gasteiger partial charge in [-0.15, -0.1) is 0 Å². The summed E-state index contributed by atoms with van der Waals surface area (Å²) in [6, 6.07) is 12.9. The van der Waals surface area contributed by atoms with Crippen molar-refractivity contribution in [2.24, 2.45) is 11.8 Å². The summed E-state index contributed by atoms with van der Waals surface area (Å²) in [6.07, 6.45) is 6.46. The average Bonchev–Trinajstić information content (AvgIpc) is 3.53. The summed E-state index contributed by atoms with van der Waals surface area (Å²) in [6.45, 7) is 0. The van der Waals surface area contributed by atoms with Crippen LogP contribution in [-0.4, -0.2) is 17.0 Å². The van der Waals surface area contributed by atoms with Gasteiger partial charge in [0.25, 0.3) is 0 Å². The Morgan fingerprint density at radius 1 is 1.00 bits per heavy atom. The Bertz CT molecular complexity index is 906. The van der Waals surface area contributed by atoms with E-state index < -0.39 is 17.8 Å². The van der Waals surface area contributed by atoms with Gasteiger partial charge in [0.05, 0.1) is 11.8 Å². The number of aliphatic carboxylic acids is 1. The molecule has 0 aliphatic heterocycles. The Kier molecular flexibility index (Phi) is 5.76. The molecular weight excluding hydrogens is 390 g/mol. The van der Waals surface area contributed by atoms with Crippen LogP contribution in [0.2, 0.25) is 5.02 Å². The number of carbonyl (C=O) groups is 2. The van der Waals surface area contributed by atoms with Gasteiger partial charge in [-0.25, -0.2) is 0 Å². The van der Waals surface area contributed by atoms with Crippen molar-refractivity contribution >= 4 is 29.2 Å². The van der Waals surface area contributed by atoms with Crippen molar-refractivity contribution < 1.29 is 19.4 Å². The molecule has 1 amide bonds. The molecule has 2 saturated carbocycles. The lowest BCUT2D eigenvalue weighted by Gasteiger charge is -2.24. The molecule has 2 aliphatic carbocycles. The van der Waals surface area contributed by atoms with Gasteiger partial charge in [0.15, 0.2) is 0 Å². The van der Waals surface area contributed by atoms with Crippen molar-refractivity contribution in [3.05, 3.63) is 53.1 Å². The van der Waals surface area contributed by atoms with Crippen molar-refractivity contribution in [3.8, 4) is 11.5 Å². The molecule has 0 radical (unpaired) electrons. The van der Waals surface area contributed by atoms with E-state index in [1.54, 1.807) is 24.3 Å². The zero-order chi connectivity index (χ0) is 20.4. The first-order valence-electron chi connectivity index (χ1n) is 10.1. The average molecular weight is 414 g/mol. The van der Waals surface area contributed by atoms with Gasteiger partial charge in [-0.2, -0.15) is 0 Å². The third-order valence-corrected chi connectivity index (χ3v) is 6.05. The zero-order valence-electron chi connectivity index (χ0n) is 16.1. The molecule has 2 aromatic rings. The van der Waals surface area contributed by atoms with E-state index in [4.69, 9.17) is 21.4 Å². The Morgan fingerprint density at radius 3 is 2.38 bits per heavy atom. The lowest BCUT2D eigenvalue weighted by atomic mass is 9.84. The number of benzene rings is 2. The number of carboxylic acid groups (broad SMARTS) is 1. The molecule has 5 nitrogen and oxygen atoms in total. The topological polar surface area (TPSA) is 75.6 Å². The van der Waals surface area contributed by atoms with Crippen LogP contribution in [0.5, 0.6) is 11.5 Å². The van der Waals surface area contributed by atoms with Gasteiger partial charge in [-0.3, -0.25) is 9.59 Å². The molecule has 152 valence electrons. The molecule has 0 heterocycles. The molecule has 2 N–H and O–H groups in total. The fourth-order valence-electron chi connectivity index (χ4n) is 4.07. The van der Waals surface area contributed by atoms with Crippen LogP contribution in [0.3, 0.4) is 0 Å². The molecule has 2 aromatic carbocycles. The second-order valence-corrected chi connectivity index (χ2v) is 8.36. The summed E-state index contributed by atoms with van der Waals surface area (Å²) in [5.74, 6) is -0.181. The lowest BCUT2D eigenvalue weighted by Crippen LogP contribution is -2.16. The van der Waals surface area contributed by atoms with Crippen molar-refractivity contribution in [2.75, 3.05) is 5.32 Å². The lowest BCUT2D eigenvalue weighted by molar-refractivity contribution is -0.139. The molecule has 0 saturated heterocycles. The molecule has 0 bridgehead atoms. The number of hydrogen-bond donors (Lipinski definition) is 2. The van der Waals surface area contributed by atoms with E-state index in [0.717, 1.165) is 29.2 Å². The van der Waals surface area contributed by atoms with Gasteiger partial charge in [-0.1, -0.05) is 30.9 Å².